The largest absolute Gasteiger partial charge is 0.387 e. The highest BCUT2D eigenvalue weighted by molar-refractivity contribution is 5.85. The lowest BCUT2D eigenvalue weighted by molar-refractivity contribution is 0.156. The summed E-state index contributed by atoms with van der Waals surface area (Å²) in [5.74, 6) is 0. The van der Waals surface area contributed by atoms with Crippen LogP contribution in [0.15, 0.2) is 49.1 Å². The van der Waals surface area contributed by atoms with E-state index in [4.69, 9.17) is 0 Å². The van der Waals surface area contributed by atoms with Gasteiger partial charge in [-0.05, 0) is 5.56 Å². The number of hydrogen-bond donors (Lipinski definition) is 1. The molecule has 15 heavy (non-hydrogen) atoms. The summed E-state index contributed by atoms with van der Waals surface area (Å²) in [7, 11) is 0. The molecule has 1 heterocycles. The van der Waals surface area contributed by atoms with Gasteiger partial charge in [0.1, 0.15) is 0 Å². The van der Waals surface area contributed by atoms with Crippen molar-refractivity contribution < 1.29 is 5.11 Å². The van der Waals surface area contributed by atoms with Gasteiger partial charge in [0, 0.05) is 12.4 Å². The fraction of sp³-hybridized carbons (Fsp3) is 0.182. The minimum absolute atomic E-state index is 0. The van der Waals surface area contributed by atoms with Crippen LogP contribution in [0.4, 0.5) is 0 Å². The molecule has 0 bridgehead atoms. The maximum absolute atomic E-state index is 9.84. The van der Waals surface area contributed by atoms with Crippen LogP contribution in [0.25, 0.3) is 0 Å². The fourth-order valence-electron chi connectivity index (χ4n) is 1.38. The Labute approximate surface area is 94.8 Å². The summed E-state index contributed by atoms with van der Waals surface area (Å²) in [6.45, 7) is 0.546. The average molecular weight is 225 g/mol. The van der Waals surface area contributed by atoms with Crippen molar-refractivity contribution in [3.05, 3.63) is 54.6 Å². The molecular formula is C11H13ClN2O. The van der Waals surface area contributed by atoms with E-state index in [9.17, 15) is 5.11 Å². The van der Waals surface area contributed by atoms with Gasteiger partial charge in [-0.15, -0.1) is 12.4 Å². The van der Waals surface area contributed by atoms with Crippen molar-refractivity contribution in [2.75, 3.05) is 0 Å². The number of hydrogen-bond acceptors (Lipinski definition) is 2. The normalized spacial score (nSPS) is 11.8. The smallest absolute Gasteiger partial charge is 0.0969 e. The number of rotatable bonds is 3. The second-order valence-corrected chi connectivity index (χ2v) is 3.19. The molecule has 80 valence electrons. The molecule has 0 saturated heterocycles. The first kappa shape index (κ1) is 11.8. The van der Waals surface area contributed by atoms with Crippen LogP contribution >= 0.6 is 12.4 Å². The summed E-state index contributed by atoms with van der Waals surface area (Å²) in [5.41, 5.74) is 0.932. The number of aromatic nitrogens is 2. The van der Waals surface area contributed by atoms with E-state index in [1.54, 1.807) is 12.5 Å². The van der Waals surface area contributed by atoms with Crippen LogP contribution in [-0.4, -0.2) is 14.7 Å². The predicted molar refractivity (Wildman–Crippen MR) is 60.9 cm³/mol. The number of benzene rings is 1. The Balaban J connectivity index is 0.00000112. The van der Waals surface area contributed by atoms with Crippen LogP contribution < -0.4 is 0 Å². The summed E-state index contributed by atoms with van der Waals surface area (Å²) in [4.78, 5) is 3.92. The van der Waals surface area contributed by atoms with Crippen LogP contribution in [0, 0.1) is 0 Å². The zero-order valence-electron chi connectivity index (χ0n) is 8.15. The summed E-state index contributed by atoms with van der Waals surface area (Å²) < 4.78 is 1.86. The minimum Gasteiger partial charge on any atom is -0.387 e. The average Bonchev–Trinajstić information content (AvgIpc) is 2.72. The highest BCUT2D eigenvalue weighted by atomic mass is 35.5. The summed E-state index contributed by atoms with van der Waals surface area (Å²) in [6.07, 6.45) is 4.78. The Kier molecular flexibility index (Phi) is 4.34. The molecule has 0 radical (unpaired) electrons. The Morgan fingerprint density at radius 2 is 2.00 bits per heavy atom. The molecule has 1 atom stereocenters. The highest BCUT2D eigenvalue weighted by Gasteiger charge is 2.06. The predicted octanol–water partition coefficient (Wildman–Crippen LogP) is 2.04. The molecule has 1 unspecified atom stereocenters. The van der Waals surface area contributed by atoms with Gasteiger partial charge >= 0.3 is 0 Å². The standard InChI is InChI=1S/C11H12N2O.ClH/c14-11(8-13-7-6-12-9-13)10-4-2-1-3-5-10;/h1-7,9,11,14H,8H2;1H. The van der Waals surface area contributed by atoms with Crippen molar-refractivity contribution in [2.45, 2.75) is 12.6 Å². The molecule has 2 aromatic rings. The number of imidazole rings is 1. The zero-order valence-corrected chi connectivity index (χ0v) is 8.97. The van der Waals surface area contributed by atoms with Crippen LogP contribution in [0.3, 0.4) is 0 Å². The molecule has 0 amide bonds. The van der Waals surface area contributed by atoms with Crippen molar-refractivity contribution in [1.82, 2.24) is 9.55 Å². The van der Waals surface area contributed by atoms with Crippen molar-refractivity contribution in [3.8, 4) is 0 Å². The topological polar surface area (TPSA) is 38.0 Å². The lowest BCUT2D eigenvalue weighted by atomic mass is 10.1. The molecule has 0 fully saturated rings. The number of aliphatic hydroxyl groups is 1. The fourth-order valence-corrected chi connectivity index (χ4v) is 1.38. The second-order valence-electron chi connectivity index (χ2n) is 3.19. The van der Waals surface area contributed by atoms with Crippen LogP contribution in [-0.2, 0) is 6.54 Å². The molecule has 0 saturated carbocycles. The lowest BCUT2D eigenvalue weighted by Gasteiger charge is -2.10. The van der Waals surface area contributed by atoms with Gasteiger partial charge in [-0.1, -0.05) is 30.3 Å². The summed E-state index contributed by atoms with van der Waals surface area (Å²) in [5, 5.41) is 9.84. The van der Waals surface area contributed by atoms with E-state index in [1.165, 1.54) is 0 Å². The maximum Gasteiger partial charge on any atom is 0.0969 e. The maximum atomic E-state index is 9.84. The van der Waals surface area contributed by atoms with E-state index >= 15 is 0 Å². The van der Waals surface area contributed by atoms with Gasteiger partial charge in [-0.2, -0.15) is 0 Å². The number of halogens is 1. The Morgan fingerprint density at radius 1 is 1.27 bits per heavy atom. The van der Waals surface area contributed by atoms with Gasteiger partial charge in [0.15, 0.2) is 0 Å². The van der Waals surface area contributed by atoms with Gasteiger partial charge in [-0.25, -0.2) is 4.98 Å². The van der Waals surface area contributed by atoms with E-state index in [1.807, 2.05) is 41.1 Å². The van der Waals surface area contributed by atoms with Crippen LogP contribution in [0.2, 0.25) is 0 Å². The van der Waals surface area contributed by atoms with Crippen molar-refractivity contribution >= 4 is 12.4 Å². The molecular weight excluding hydrogens is 212 g/mol. The second kappa shape index (κ2) is 5.53. The van der Waals surface area contributed by atoms with E-state index < -0.39 is 6.10 Å². The van der Waals surface area contributed by atoms with Crippen molar-refractivity contribution in [1.29, 1.82) is 0 Å². The third-order valence-electron chi connectivity index (χ3n) is 2.13. The number of nitrogens with zero attached hydrogens (tertiary/aromatic N) is 2. The highest BCUT2D eigenvalue weighted by Crippen LogP contribution is 2.13. The van der Waals surface area contributed by atoms with Gasteiger partial charge in [-0.3, -0.25) is 0 Å². The molecule has 1 aromatic heterocycles. The minimum atomic E-state index is -0.467. The van der Waals surface area contributed by atoms with E-state index in [0.717, 1.165) is 5.56 Å². The third-order valence-corrected chi connectivity index (χ3v) is 2.13. The first-order chi connectivity index (χ1) is 6.86. The van der Waals surface area contributed by atoms with Gasteiger partial charge < -0.3 is 9.67 Å². The zero-order chi connectivity index (χ0) is 9.80. The first-order valence-corrected chi connectivity index (χ1v) is 4.55. The number of aliphatic hydroxyl groups excluding tert-OH is 1. The Morgan fingerprint density at radius 3 is 2.60 bits per heavy atom. The molecule has 1 aromatic carbocycles. The molecule has 0 spiro atoms. The van der Waals surface area contributed by atoms with Gasteiger partial charge in [0.05, 0.1) is 19.0 Å². The van der Waals surface area contributed by atoms with Crippen LogP contribution in [0.5, 0.6) is 0 Å². The molecule has 0 aliphatic heterocycles. The molecule has 3 nitrogen and oxygen atoms in total. The van der Waals surface area contributed by atoms with Gasteiger partial charge in [0.25, 0.3) is 0 Å². The van der Waals surface area contributed by atoms with E-state index in [0.29, 0.717) is 6.54 Å². The molecule has 1 N–H and O–H groups in total. The molecule has 2 rings (SSSR count). The third kappa shape index (κ3) is 3.08. The van der Waals surface area contributed by atoms with E-state index in [2.05, 4.69) is 4.98 Å². The lowest BCUT2D eigenvalue weighted by Crippen LogP contribution is -2.06. The summed E-state index contributed by atoms with van der Waals surface area (Å²) in [6, 6.07) is 9.62. The summed E-state index contributed by atoms with van der Waals surface area (Å²) >= 11 is 0. The van der Waals surface area contributed by atoms with Crippen molar-refractivity contribution in [2.24, 2.45) is 0 Å². The van der Waals surface area contributed by atoms with Crippen LogP contribution in [0.1, 0.15) is 11.7 Å². The van der Waals surface area contributed by atoms with Gasteiger partial charge in [0.2, 0.25) is 0 Å². The quantitative estimate of drug-likeness (QED) is 0.867. The van der Waals surface area contributed by atoms with E-state index in [-0.39, 0.29) is 12.4 Å². The van der Waals surface area contributed by atoms with Crippen molar-refractivity contribution in [3.63, 3.8) is 0 Å². The Bertz CT molecular complexity index is 375. The SMILES string of the molecule is Cl.OC(Cn1ccnc1)c1ccccc1. The first-order valence-electron chi connectivity index (χ1n) is 4.55. The monoisotopic (exact) mass is 224 g/mol. The molecule has 0 aliphatic carbocycles. The molecule has 4 heteroatoms. The Hall–Kier alpha value is -1.32. The molecule has 0 aliphatic rings.